The molecule has 0 radical (unpaired) electrons. The van der Waals surface area contributed by atoms with Crippen LogP contribution in [0.5, 0.6) is 0 Å². The van der Waals surface area contributed by atoms with Gasteiger partial charge in [-0.2, -0.15) is 0 Å². The molecule has 1 aromatic carbocycles. The van der Waals surface area contributed by atoms with Crippen molar-refractivity contribution in [1.82, 2.24) is 14.4 Å². The lowest BCUT2D eigenvalue weighted by molar-refractivity contribution is -0.144. The van der Waals surface area contributed by atoms with E-state index < -0.39 is 0 Å². The van der Waals surface area contributed by atoms with Crippen LogP contribution in [0.1, 0.15) is 31.0 Å². The Labute approximate surface area is 154 Å². The Balaban J connectivity index is 1.53. The molecule has 4 rings (SSSR count). The standard InChI is InChI=1S/C19H18N4O4/c1-2-27-16(25)6-5-15(24)21-12-3-4-13-11(9-12)10-14-17(13)22-19(26)18-20-7-8-23(14)18/h3-4,7-9H,2,5-6,10H2,1H3,(H,21,24)(H,22,26). The van der Waals surface area contributed by atoms with Gasteiger partial charge in [0.1, 0.15) is 0 Å². The van der Waals surface area contributed by atoms with Crippen molar-refractivity contribution >= 4 is 23.2 Å². The molecule has 0 saturated carbocycles. The van der Waals surface area contributed by atoms with Crippen molar-refractivity contribution in [3.63, 3.8) is 0 Å². The highest BCUT2D eigenvalue weighted by molar-refractivity contribution is 5.93. The zero-order valence-corrected chi connectivity index (χ0v) is 14.7. The minimum absolute atomic E-state index is 0.0515. The normalized spacial score (nSPS) is 11.9. The Hall–Kier alpha value is -3.42. The first kappa shape index (κ1) is 17.0. The van der Waals surface area contributed by atoms with Gasteiger partial charge in [-0.3, -0.25) is 18.8 Å². The molecule has 0 atom stereocenters. The molecule has 8 heteroatoms. The molecule has 3 aromatic rings. The van der Waals surface area contributed by atoms with Crippen molar-refractivity contribution < 1.29 is 14.3 Å². The zero-order chi connectivity index (χ0) is 19.0. The largest absolute Gasteiger partial charge is 0.466 e. The van der Waals surface area contributed by atoms with Gasteiger partial charge in [-0.25, -0.2) is 4.98 Å². The minimum atomic E-state index is -0.384. The number of ether oxygens (including phenoxy) is 1. The number of fused-ring (bicyclic) bond motifs is 5. The van der Waals surface area contributed by atoms with E-state index in [0.717, 1.165) is 22.5 Å². The molecule has 27 heavy (non-hydrogen) atoms. The van der Waals surface area contributed by atoms with Crippen molar-refractivity contribution in [2.75, 3.05) is 11.9 Å². The van der Waals surface area contributed by atoms with Gasteiger partial charge in [0.25, 0.3) is 5.56 Å². The van der Waals surface area contributed by atoms with E-state index in [4.69, 9.17) is 4.74 Å². The fourth-order valence-corrected chi connectivity index (χ4v) is 3.36. The quantitative estimate of drug-likeness (QED) is 0.525. The predicted octanol–water partition coefficient (Wildman–Crippen LogP) is 1.88. The monoisotopic (exact) mass is 366 g/mol. The van der Waals surface area contributed by atoms with E-state index in [9.17, 15) is 14.4 Å². The Morgan fingerprint density at radius 2 is 2.19 bits per heavy atom. The number of amides is 1. The maximum Gasteiger partial charge on any atom is 0.306 e. The van der Waals surface area contributed by atoms with E-state index >= 15 is 0 Å². The second-order valence-corrected chi connectivity index (χ2v) is 6.30. The number of aromatic nitrogens is 3. The van der Waals surface area contributed by atoms with E-state index in [-0.39, 0.29) is 30.3 Å². The summed E-state index contributed by atoms with van der Waals surface area (Å²) < 4.78 is 6.62. The van der Waals surface area contributed by atoms with Gasteiger partial charge >= 0.3 is 5.97 Å². The smallest absolute Gasteiger partial charge is 0.306 e. The second kappa shape index (κ2) is 6.71. The summed E-state index contributed by atoms with van der Waals surface area (Å²) in [5.74, 6) is -0.630. The number of nitrogens with zero attached hydrogens (tertiary/aromatic N) is 2. The summed E-state index contributed by atoms with van der Waals surface area (Å²) >= 11 is 0. The molecule has 0 saturated heterocycles. The van der Waals surface area contributed by atoms with Gasteiger partial charge < -0.3 is 15.0 Å². The van der Waals surface area contributed by atoms with Crippen LogP contribution >= 0.6 is 0 Å². The summed E-state index contributed by atoms with van der Waals surface area (Å²) in [6.07, 6.45) is 4.12. The third kappa shape index (κ3) is 3.10. The number of hydrogen-bond donors (Lipinski definition) is 2. The van der Waals surface area contributed by atoms with Crippen LogP contribution in [-0.2, 0) is 20.7 Å². The number of rotatable bonds is 5. The predicted molar refractivity (Wildman–Crippen MR) is 98.6 cm³/mol. The van der Waals surface area contributed by atoms with Crippen molar-refractivity contribution in [2.24, 2.45) is 0 Å². The van der Waals surface area contributed by atoms with Gasteiger partial charge in [-0.05, 0) is 24.6 Å². The van der Waals surface area contributed by atoms with Gasteiger partial charge in [0.05, 0.1) is 24.4 Å². The Kier molecular flexibility index (Phi) is 4.23. The molecule has 1 amide bonds. The minimum Gasteiger partial charge on any atom is -0.466 e. The van der Waals surface area contributed by atoms with E-state index in [1.54, 1.807) is 29.8 Å². The summed E-state index contributed by atoms with van der Waals surface area (Å²) in [6.45, 7) is 2.03. The molecule has 0 spiro atoms. The maximum absolute atomic E-state index is 12.2. The number of esters is 1. The summed E-state index contributed by atoms with van der Waals surface area (Å²) in [7, 11) is 0. The molecule has 0 bridgehead atoms. The van der Waals surface area contributed by atoms with Gasteiger partial charge in [0.2, 0.25) is 11.6 Å². The lowest BCUT2D eigenvalue weighted by Gasteiger charge is -2.07. The lowest BCUT2D eigenvalue weighted by Crippen LogP contribution is -2.14. The van der Waals surface area contributed by atoms with Gasteiger partial charge in [-0.15, -0.1) is 0 Å². The maximum atomic E-state index is 12.2. The number of imidazole rings is 1. The molecule has 0 unspecified atom stereocenters. The van der Waals surface area contributed by atoms with Crippen LogP contribution < -0.4 is 10.9 Å². The van der Waals surface area contributed by atoms with Crippen LogP contribution in [0.15, 0.2) is 35.4 Å². The number of carbonyl (C=O) groups excluding carboxylic acids is 2. The van der Waals surface area contributed by atoms with Crippen molar-refractivity contribution in [3.8, 4) is 11.3 Å². The van der Waals surface area contributed by atoms with Gasteiger partial charge in [0.15, 0.2) is 0 Å². The molecule has 1 aliphatic rings. The molecule has 0 fully saturated rings. The summed E-state index contributed by atoms with van der Waals surface area (Å²) in [6, 6.07) is 5.55. The number of aromatic amines is 1. The summed E-state index contributed by atoms with van der Waals surface area (Å²) in [5.41, 5.74) is 4.47. The van der Waals surface area contributed by atoms with Crippen LogP contribution in [0.3, 0.4) is 0 Å². The molecule has 1 aliphatic carbocycles. The molecule has 8 nitrogen and oxygen atoms in total. The number of hydrogen-bond acceptors (Lipinski definition) is 5. The SMILES string of the molecule is CCOC(=O)CCC(=O)Nc1ccc2c(c1)Cc1c-2[nH]c(=O)c2nccn12. The molecule has 2 aromatic heterocycles. The zero-order valence-electron chi connectivity index (χ0n) is 14.7. The fourth-order valence-electron chi connectivity index (χ4n) is 3.36. The van der Waals surface area contributed by atoms with Gasteiger partial charge in [0, 0.05) is 36.5 Å². The molecule has 138 valence electrons. The Bertz CT molecular complexity index is 1110. The van der Waals surface area contributed by atoms with E-state index in [0.29, 0.717) is 24.4 Å². The number of carbonyl (C=O) groups is 2. The number of nitrogens with one attached hydrogen (secondary N) is 2. The topological polar surface area (TPSA) is 106 Å². The molecular formula is C19H18N4O4. The number of benzene rings is 1. The summed E-state index contributed by atoms with van der Waals surface area (Å²) in [5, 5.41) is 2.80. The molecule has 2 heterocycles. The van der Waals surface area contributed by atoms with Crippen molar-refractivity contribution in [2.45, 2.75) is 26.2 Å². The average Bonchev–Trinajstić information content (AvgIpc) is 3.25. The first-order chi connectivity index (χ1) is 13.1. The first-order valence-corrected chi connectivity index (χ1v) is 8.74. The fraction of sp³-hybridized carbons (Fsp3) is 0.263. The van der Waals surface area contributed by atoms with E-state index in [1.165, 1.54) is 0 Å². The van der Waals surface area contributed by atoms with Crippen LogP contribution in [0.25, 0.3) is 16.9 Å². The highest BCUT2D eigenvalue weighted by Crippen LogP contribution is 2.35. The highest BCUT2D eigenvalue weighted by Gasteiger charge is 2.23. The van der Waals surface area contributed by atoms with Gasteiger partial charge in [-0.1, -0.05) is 6.07 Å². The number of H-pyrrole nitrogens is 1. The summed E-state index contributed by atoms with van der Waals surface area (Å²) in [4.78, 5) is 42.5. The highest BCUT2D eigenvalue weighted by atomic mass is 16.5. The third-order valence-corrected chi connectivity index (χ3v) is 4.54. The van der Waals surface area contributed by atoms with Crippen LogP contribution in [0.4, 0.5) is 5.69 Å². The number of anilines is 1. The molecule has 0 aliphatic heterocycles. The lowest BCUT2D eigenvalue weighted by atomic mass is 10.1. The first-order valence-electron chi connectivity index (χ1n) is 8.74. The van der Waals surface area contributed by atoms with E-state index in [1.807, 2.05) is 12.1 Å². The van der Waals surface area contributed by atoms with Crippen LogP contribution in [0.2, 0.25) is 0 Å². The Morgan fingerprint density at radius 1 is 1.33 bits per heavy atom. The Morgan fingerprint density at radius 3 is 3.00 bits per heavy atom. The van der Waals surface area contributed by atoms with Crippen LogP contribution in [-0.4, -0.2) is 32.9 Å². The molecular weight excluding hydrogens is 348 g/mol. The second-order valence-electron chi connectivity index (χ2n) is 6.30. The molecule has 2 N–H and O–H groups in total. The third-order valence-electron chi connectivity index (χ3n) is 4.54. The van der Waals surface area contributed by atoms with E-state index in [2.05, 4.69) is 15.3 Å². The van der Waals surface area contributed by atoms with Crippen LogP contribution in [0, 0.1) is 0 Å². The van der Waals surface area contributed by atoms with Crippen molar-refractivity contribution in [1.29, 1.82) is 0 Å². The average molecular weight is 366 g/mol. The van der Waals surface area contributed by atoms with Crippen molar-refractivity contribution in [3.05, 3.63) is 52.2 Å².